The lowest BCUT2D eigenvalue weighted by atomic mass is 9.92. The van der Waals surface area contributed by atoms with Gasteiger partial charge >= 0.3 is 5.97 Å². The van der Waals surface area contributed by atoms with E-state index >= 15 is 0 Å². The van der Waals surface area contributed by atoms with Crippen LogP contribution in [0.15, 0.2) is 11.8 Å². The van der Waals surface area contributed by atoms with Gasteiger partial charge in [-0.3, -0.25) is 9.59 Å². The molecule has 0 spiro atoms. The smallest absolute Gasteiger partial charge is 0.312 e. The van der Waals surface area contributed by atoms with E-state index in [0.29, 0.717) is 12.2 Å². The molecule has 0 N–H and O–H groups in total. The fraction of sp³-hybridized carbons (Fsp3) is 0.500. The molecule has 0 aromatic carbocycles. The maximum atomic E-state index is 11.1. The van der Waals surface area contributed by atoms with Gasteiger partial charge in [0.15, 0.2) is 0 Å². The van der Waals surface area contributed by atoms with Crippen LogP contribution >= 0.6 is 0 Å². The van der Waals surface area contributed by atoms with Crippen molar-refractivity contribution in [1.82, 2.24) is 0 Å². The zero-order valence-corrected chi connectivity index (χ0v) is 6.00. The molecule has 2 rings (SSSR count). The molecule has 1 aliphatic heterocycles. The van der Waals surface area contributed by atoms with Gasteiger partial charge in [-0.2, -0.15) is 0 Å². The number of ketones is 1. The van der Waals surface area contributed by atoms with Gasteiger partial charge in [-0.05, 0) is 12.5 Å². The Balaban J connectivity index is 2.30. The highest BCUT2D eigenvalue weighted by Gasteiger charge is 2.36. The van der Waals surface area contributed by atoms with Gasteiger partial charge in [0.2, 0.25) is 0 Å². The van der Waals surface area contributed by atoms with Crippen molar-refractivity contribution in [1.29, 1.82) is 0 Å². The molecule has 11 heavy (non-hydrogen) atoms. The van der Waals surface area contributed by atoms with E-state index in [9.17, 15) is 9.59 Å². The van der Waals surface area contributed by atoms with Gasteiger partial charge in [0, 0.05) is 6.42 Å². The number of rotatable bonds is 0. The van der Waals surface area contributed by atoms with Crippen LogP contribution in [-0.2, 0) is 14.3 Å². The summed E-state index contributed by atoms with van der Waals surface area (Å²) in [6.07, 6.45) is 3.38. The molecule has 1 atom stereocenters. The van der Waals surface area contributed by atoms with Crippen molar-refractivity contribution in [2.24, 2.45) is 5.92 Å². The molecule has 0 amide bonds. The molecule has 3 nitrogen and oxygen atoms in total. The number of allylic oxidation sites excluding steroid dienone is 2. The number of fused-ring (bicyclic) bond motifs is 1. The lowest BCUT2D eigenvalue weighted by molar-refractivity contribution is -0.135. The van der Waals surface area contributed by atoms with Crippen LogP contribution < -0.4 is 0 Å². The highest BCUT2D eigenvalue weighted by Crippen LogP contribution is 2.31. The minimum atomic E-state index is -0.267. The number of carbonyl (C=O) groups excluding carboxylic acids is 2. The molecule has 1 aliphatic carbocycles. The average Bonchev–Trinajstić information content (AvgIpc) is 2.31. The molecule has 0 bridgehead atoms. The van der Waals surface area contributed by atoms with Gasteiger partial charge in [0.25, 0.3) is 0 Å². The molecule has 1 fully saturated rings. The van der Waals surface area contributed by atoms with Crippen molar-refractivity contribution in [3.8, 4) is 0 Å². The third-order valence-corrected chi connectivity index (χ3v) is 2.07. The third-order valence-electron chi connectivity index (χ3n) is 2.07. The summed E-state index contributed by atoms with van der Waals surface area (Å²) >= 11 is 0. The predicted octanol–water partition coefficient (Wildman–Crippen LogP) is 0.796. The Morgan fingerprint density at radius 2 is 2.27 bits per heavy atom. The van der Waals surface area contributed by atoms with Crippen molar-refractivity contribution >= 4 is 11.8 Å². The zero-order chi connectivity index (χ0) is 7.84. The van der Waals surface area contributed by atoms with Crippen LogP contribution in [0.2, 0.25) is 0 Å². The fourth-order valence-electron chi connectivity index (χ4n) is 1.50. The summed E-state index contributed by atoms with van der Waals surface area (Å²) < 4.78 is 4.84. The summed E-state index contributed by atoms with van der Waals surface area (Å²) in [6, 6.07) is 0. The summed E-state index contributed by atoms with van der Waals surface area (Å²) in [5, 5.41) is 0. The molecule has 2 aliphatic rings. The third kappa shape index (κ3) is 0.964. The maximum Gasteiger partial charge on any atom is 0.312 e. The minimum absolute atomic E-state index is 0.147. The van der Waals surface area contributed by atoms with E-state index in [-0.39, 0.29) is 24.1 Å². The lowest BCUT2D eigenvalue weighted by Gasteiger charge is -2.11. The van der Waals surface area contributed by atoms with Crippen LogP contribution in [0.4, 0.5) is 0 Å². The van der Waals surface area contributed by atoms with Gasteiger partial charge < -0.3 is 4.74 Å². The van der Waals surface area contributed by atoms with Crippen LogP contribution in [0.5, 0.6) is 0 Å². The Bertz CT molecular complexity index is 252. The van der Waals surface area contributed by atoms with Crippen LogP contribution in [0.3, 0.4) is 0 Å². The Hall–Kier alpha value is -1.12. The van der Waals surface area contributed by atoms with Crippen LogP contribution in [-0.4, -0.2) is 11.8 Å². The fourth-order valence-corrected chi connectivity index (χ4v) is 1.50. The van der Waals surface area contributed by atoms with E-state index in [1.807, 2.05) is 6.08 Å². The van der Waals surface area contributed by atoms with E-state index < -0.39 is 0 Å². The topological polar surface area (TPSA) is 43.4 Å². The van der Waals surface area contributed by atoms with Gasteiger partial charge in [-0.15, -0.1) is 0 Å². The SMILES string of the molecule is O=C1CC2C(=O)CCC=C2O1. The molecule has 1 unspecified atom stereocenters. The Kier molecular flexibility index (Phi) is 1.31. The number of hydrogen-bond donors (Lipinski definition) is 0. The standard InChI is InChI=1S/C8H8O3/c9-6-2-1-3-7-5(6)4-8(10)11-7/h3,5H,1-2,4H2. The zero-order valence-electron chi connectivity index (χ0n) is 6.00. The average molecular weight is 152 g/mol. The van der Waals surface area contributed by atoms with Crippen LogP contribution in [0.1, 0.15) is 19.3 Å². The quantitative estimate of drug-likeness (QED) is 0.482. The summed E-state index contributed by atoms with van der Waals surface area (Å²) in [5.41, 5.74) is 0. The monoisotopic (exact) mass is 152 g/mol. The first-order valence-electron chi connectivity index (χ1n) is 3.71. The molecule has 1 heterocycles. The largest absolute Gasteiger partial charge is 0.431 e. The Labute approximate surface area is 64.0 Å². The van der Waals surface area contributed by atoms with E-state index in [1.165, 1.54) is 0 Å². The number of ether oxygens (including phenoxy) is 1. The number of carbonyl (C=O) groups is 2. The Morgan fingerprint density at radius 1 is 1.45 bits per heavy atom. The molecule has 0 radical (unpaired) electrons. The van der Waals surface area contributed by atoms with Gasteiger partial charge in [0.1, 0.15) is 11.5 Å². The number of hydrogen-bond acceptors (Lipinski definition) is 3. The summed E-state index contributed by atoms with van der Waals surface area (Å²) in [4.78, 5) is 21.9. The van der Waals surface area contributed by atoms with Crippen molar-refractivity contribution in [2.45, 2.75) is 19.3 Å². The summed E-state index contributed by atoms with van der Waals surface area (Å²) in [6.45, 7) is 0. The molecule has 58 valence electrons. The first-order chi connectivity index (χ1) is 5.27. The van der Waals surface area contributed by atoms with E-state index in [0.717, 1.165) is 6.42 Å². The van der Waals surface area contributed by atoms with Crippen LogP contribution in [0, 0.1) is 5.92 Å². The summed E-state index contributed by atoms with van der Waals surface area (Å²) in [5.74, 6) is 0.229. The number of esters is 1. The first-order valence-corrected chi connectivity index (χ1v) is 3.71. The molecular weight excluding hydrogens is 144 g/mol. The van der Waals surface area contributed by atoms with Gasteiger partial charge in [-0.25, -0.2) is 0 Å². The Morgan fingerprint density at radius 3 is 3.00 bits per heavy atom. The highest BCUT2D eigenvalue weighted by atomic mass is 16.5. The molecule has 0 saturated carbocycles. The van der Waals surface area contributed by atoms with Gasteiger partial charge in [-0.1, -0.05) is 0 Å². The number of Topliss-reactive ketones (excluding diaryl/α,β-unsaturated/α-hetero) is 1. The minimum Gasteiger partial charge on any atom is -0.431 e. The van der Waals surface area contributed by atoms with Crippen molar-refractivity contribution in [2.75, 3.05) is 0 Å². The lowest BCUT2D eigenvalue weighted by Crippen LogP contribution is -2.16. The first kappa shape index (κ1) is 6.58. The normalized spacial score (nSPS) is 29.5. The van der Waals surface area contributed by atoms with Crippen molar-refractivity contribution < 1.29 is 14.3 Å². The van der Waals surface area contributed by atoms with Crippen molar-refractivity contribution in [3.63, 3.8) is 0 Å². The highest BCUT2D eigenvalue weighted by molar-refractivity contribution is 5.91. The van der Waals surface area contributed by atoms with Crippen LogP contribution in [0.25, 0.3) is 0 Å². The van der Waals surface area contributed by atoms with Gasteiger partial charge in [0.05, 0.1) is 12.3 Å². The second kappa shape index (κ2) is 2.19. The molecule has 3 heteroatoms. The molecule has 0 aromatic heterocycles. The summed E-state index contributed by atoms with van der Waals surface area (Å²) in [7, 11) is 0. The molecule has 0 aromatic rings. The molecular formula is C8H8O3. The van der Waals surface area contributed by atoms with Crippen molar-refractivity contribution in [3.05, 3.63) is 11.8 Å². The van der Waals surface area contributed by atoms with E-state index in [1.54, 1.807) is 0 Å². The second-order valence-corrected chi connectivity index (χ2v) is 2.84. The molecule has 1 saturated heterocycles. The second-order valence-electron chi connectivity index (χ2n) is 2.84. The maximum absolute atomic E-state index is 11.1. The van der Waals surface area contributed by atoms with E-state index in [4.69, 9.17) is 4.74 Å². The predicted molar refractivity (Wildman–Crippen MR) is 36.5 cm³/mol. The van der Waals surface area contributed by atoms with E-state index in [2.05, 4.69) is 0 Å².